The van der Waals surface area contributed by atoms with Gasteiger partial charge in [-0.2, -0.15) is 0 Å². The molecule has 1 aliphatic carbocycles. The lowest BCUT2D eigenvalue weighted by molar-refractivity contribution is 0.174. The first kappa shape index (κ1) is 14.5. The predicted octanol–water partition coefficient (Wildman–Crippen LogP) is 1.93. The fraction of sp³-hybridized carbons (Fsp3) is 0.294. The van der Waals surface area contributed by atoms with E-state index >= 15 is 0 Å². The van der Waals surface area contributed by atoms with E-state index in [1.165, 1.54) is 0 Å². The van der Waals surface area contributed by atoms with Crippen molar-refractivity contribution in [3.8, 4) is 11.5 Å². The number of hydrogen-bond donors (Lipinski definition) is 1. The number of benzene rings is 2. The van der Waals surface area contributed by atoms with Crippen LogP contribution in [-0.4, -0.2) is 27.0 Å². The lowest BCUT2D eigenvalue weighted by Gasteiger charge is -2.05. The van der Waals surface area contributed by atoms with Crippen LogP contribution in [0.2, 0.25) is 0 Å². The van der Waals surface area contributed by atoms with Crippen molar-refractivity contribution in [3.05, 3.63) is 54.1 Å². The Hall–Kier alpha value is -2.05. The molecule has 0 bridgehead atoms. The van der Waals surface area contributed by atoms with Gasteiger partial charge in [-0.1, -0.05) is 24.3 Å². The van der Waals surface area contributed by atoms with Gasteiger partial charge in [0.2, 0.25) is 6.79 Å². The second kappa shape index (κ2) is 5.25. The predicted molar refractivity (Wildman–Crippen MR) is 85.3 cm³/mol. The molecule has 4 rings (SSSR count). The van der Waals surface area contributed by atoms with Crippen molar-refractivity contribution in [1.82, 2.24) is 0 Å². The summed E-state index contributed by atoms with van der Waals surface area (Å²) in [4.78, 5) is 0.353. The molecule has 5 nitrogen and oxygen atoms in total. The molecule has 0 spiro atoms. The molecular weight excluding hydrogens is 314 g/mol. The first-order valence-corrected chi connectivity index (χ1v) is 9.06. The van der Waals surface area contributed by atoms with E-state index in [1.807, 2.05) is 24.3 Å². The van der Waals surface area contributed by atoms with Crippen LogP contribution in [0.1, 0.15) is 11.5 Å². The van der Waals surface area contributed by atoms with Gasteiger partial charge in [0, 0.05) is 5.92 Å². The molecular formula is C17H17NO4S. The Morgan fingerprint density at radius 1 is 1.04 bits per heavy atom. The number of sulfone groups is 1. The molecule has 2 aromatic rings. The van der Waals surface area contributed by atoms with E-state index in [-0.39, 0.29) is 18.6 Å². The summed E-state index contributed by atoms with van der Waals surface area (Å²) in [7, 11) is -3.39. The van der Waals surface area contributed by atoms with Crippen molar-refractivity contribution < 1.29 is 17.9 Å². The van der Waals surface area contributed by atoms with E-state index in [4.69, 9.17) is 15.2 Å². The topological polar surface area (TPSA) is 78.6 Å². The van der Waals surface area contributed by atoms with E-state index in [0.717, 1.165) is 5.56 Å². The normalized spacial score (nSPS) is 25.3. The van der Waals surface area contributed by atoms with Gasteiger partial charge in [-0.15, -0.1) is 0 Å². The zero-order chi connectivity index (χ0) is 16.0. The van der Waals surface area contributed by atoms with Crippen LogP contribution in [0.4, 0.5) is 0 Å². The molecule has 23 heavy (non-hydrogen) atoms. The first-order valence-electron chi connectivity index (χ1n) is 7.51. The molecule has 0 radical (unpaired) electrons. The standard InChI is InChI=1S/C17H17NO4S/c18-9-13-16(11-6-7-14-15(8-11)22-10-21-14)17(13)23(19,20)12-4-2-1-3-5-12/h1-8,13,16-17H,9-10,18H2/t13-,16+,17-/m1/s1. The van der Waals surface area contributed by atoms with Gasteiger partial charge in [0.15, 0.2) is 21.3 Å². The Bertz CT molecular complexity index is 835. The lowest BCUT2D eigenvalue weighted by atomic mass is 10.1. The zero-order valence-corrected chi connectivity index (χ0v) is 13.2. The van der Waals surface area contributed by atoms with Gasteiger partial charge in [0.25, 0.3) is 0 Å². The van der Waals surface area contributed by atoms with Crippen molar-refractivity contribution in [1.29, 1.82) is 0 Å². The minimum atomic E-state index is -3.39. The van der Waals surface area contributed by atoms with E-state index in [2.05, 4.69) is 0 Å². The molecule has 2 aliphatic rings. The number of hydrogen-bond acceptors (Lipinski definition) is 5. The fourth-order valence-electron chi connectivity index (χ4n) is 3.37. The van der Waals surface area contributed by atoms with E-state index < -0.39 is 15.1 Å². The van der Waals surface area contributed by atoms with Crippen LogP contribution >= 0.6 is 0 Å². The van der Waals surface area contributed by atoms with Gasteiger partial charge >= 0.3 is 0 Å². The largest absolute Gasteiger partial charge is 0.454 e. The average molecular weight is 331 g/mol. The Kier molecular flexibility index (Phi) is 3.32. The molecule has 2 aromatic carbocycles. The Morgan fingerprint density at radius 3 is 2.52 bits per heavy atom. The molecule has 1 fully saturated rings. The smallest absolute Gasteiger partial charge is 0.231 e. The highest BCUT2D eigenvalue weighted by atomic mass is 32.2. The third-order valence-corrected chi connectivity index (χ3v) is 6.87. The maximum absolute atomic E-state index is 12.9. The molecule has 2 N–H and O–H groups in total. The highest BCUT2D eigenvalue weighted by Gasteiger charge is 2.58. The highest BCUT2D eigenvalue weighted by Crippen LogP contribution is 2.54. The Labute approximate surface area is 134 Å². The van der Waals surface area contributed by atoms with Gasteiger partial charge in [-0.05, 0) is 42.3 Å². The highest BCUT2D eigenvalue weighted by molar-refractivity contribution is 7.92. The molecule has 1 aliphatic heterocycles. The molecule has 1 heterocycles. The van der Waals surface area contributed by atoms with Crippen LogP contribution in [0.15, 0.2) is 53.4 Å². The summed E-state index contributed by atoms with van der Waals surface area (Å²) in [5, 5.41) is -0.477. The summed E-state index contributed by atoms with van der Waals surface area (Å²) in [6.07, 6.45) is 0. The van der Waals surface area contributed by atoms with Gasteiger partial charge in [0.05, 0.1) is 10.1 Å². The Balaban J connectivity index is 1.68. The first-order chi connectivity index (χ1) is 11.1. The minimum Gasteiger partial charge on any atom is -0.454 e. The zero-order valence-electron chi connectivity index (χ0n) is 12.4. The lowest BCUT2D eigenvalue weighted by Crippen LogP contribution is -2.13. The van der Waals surface area contributed by atoms with Crippen molar-refractivity contribution in [2.24, 2.45) is 11.7 Å². The summed E-state index contributed by atoms with van der Waals surface area (Å²) in [6.45, 7) is 0.547. The minimum absolute atomic E-state index is 0.0689. The number of ether oxygens (including phenoxy) is 2. The maximum atomic E-state index is 12.9. The molecule has 3 atom stereocenters. The SMILES string of the molecule is NC[C@@H]1[C@H](c2ccc3c(c2)OCO3)[C@@H]1S(=O)(=O)c1ccccc1. The summed E-state index contributed by atoms with van der Waals surface area (Å²) < 4.78 is 36.4. The molecule has 0 unspecified atom stereocenters. The third-order valence-electron chi connectivity index (χ3n) is 4.58. The van der Waals surface area contributed by atoms with Crippen molar-refractivity contribution in [3.63, 3.8) is 0 Å². The molecule has 0 saturated heterocycles. The molecule has 6 heteroatoms. The summed E-state index contributed by atoms with van der Waals surface area (Å²) in [5.41, 5.74) is 6.76. The monoisotopic (exact) mass is 331 g/mol. The van der Waals surface area contributed by atoms with Crippen molar-refractivity contribution >= 4 is 9.84 Å². The van der Waals surface area contributed by atoms with Crippen LogP contribution in [-0.2, 0) is 9.84 Å². The van der Waals surface area contributed by atoms with Crippen molar-refractivity contribution in [2.45, 2.75) is 16.1 Å². The van der Waals surface area contributed by atoms with Crippen LogP contribution < -0.4 is 15.2 Å². The number of rotatable bonds is 4. The van der Waals surface area contributed by atoms with E-state index in [0.29, 0.717) is 22.9 Å². The fourth-order valence-corrected chi connectivity index (χ4v) is 5.62. The summed E-state index contributed by atoms with van der Waals surface area (Å²) in [5.74, 6) is 1.20. The molecule has 1 saturated carbocycles. The second-order valence-corrected chi connectivity index (χ2v) is 7.97. The van der Waals surface area contributed by atoms with Gasteiger partial charge < -0.3 is 15.2 Å². The van der Waals surface area contributed by atoms with Crippen LogP contribution in [0.3, 0.4) is 0 Å². The van der Waals surface area contributed by atoms with Crippen molar-refractivity contribution in [2.75, 3.05) is 13.3 Å². The Morgan fingerprint density at radius 2 is 1.78 bits per heavy atom. The quantitative estimate of drug-likeness (QED) is 0.926. The summed E-state index contributed by atoms with van der Waals surface area (Å²) in [6, 6.07) is 14.2. The number of nitrogens with two attached hydrogens (primary N) is 1. The van der Waals surface area contributed by atoms with E-state index in [1.54, 1.807) is 24.3 Å². The van der Waals surface area contributed by atoms with E-state index in [9.17, 15) is 8.42 Å². The summed E-state index contributed by atoms with van der Waals surface area (Å²) >= 11 is 0. The third kappa shape index (κ3) is 2.29. The maximum Gasteiger partial charge on any atom is 0.231 e. The van der Waals surface area contributed by atoms with Crippen LogP contribution in [0.5, 0.6) is 11.5 Å². The van der Waals surface area contributed by atoms with Gasteiger partial charge in [-0.3, -0.25) is 0 Å². The van der Waals surface area contributed by atoms with Gasteiger partial charge in [-0.25, -0.2) is 8.42 Å². The molecule has 0 amide bonds. The number of fused-ring (bicyclic) bond motifs is 1. The van der Waals surface area contributed by atoms with Gasteiger partial charge in [0.1, 0.15) is 0 Å². The average Bonchev–Trinajstić information content (AvgIpc) is 3.15. The van der Waals surface area contributed by atoms with Crippen LogP contribution in [0.25, 0.3) is 0 Å². The van der Waals surface area contributed by atoms with Crippen LogP contribution in [0, 0.1) is 5.92 Å². The molecule has 120 valence electrons. The second-order valence-electron chi connectivity index (χ2n) is 5.86. The molecule has 0 aromatic heterocycles.